The molecule has 0 aromatic rings. The predicted molar refractivity (Wildman–Crippen MR) is 353 cm³/mol. The Bertz CT molecular complexity index is 1670. The lowest BCUT2D eigenvalue weighted by atomic mass is 10.0. The van der Waals surface area contributed by atoms with Crippen LogP contribution in [0.2, 0.25) is 0 Å². The standard InChI is InChI=1S/C75H126O6/c1-4-7-10-13-16-19-22-25-28-31-33-35-36-37-38-40-41-44-47-50-53-56-59-62-65-68-74(77)80-71-72(70-79-73(76)67-64-61-58-55-52-49-46-43-30-27-24-21-18-15-12-9-6-3)81-75(78)69-66-63-60-57-54-51-48-45-42-39-34-32-29-26-23-20-17-14-11-8-5-2/h7-8,10-11,16-17,19-20,25-30,33-35,39,45,48,72H,4-6,9,12-15,18,21-24,31-32,36-38,40-44,46-47,49-71H2,1-3H3/b10-7-,11-8-,19-16-,20-17-,28-25-,29-26-,30-27-,35-33-,39-34-,48-45-. The molecule has 0 saturated heterocycles. The number of hydrogen-bond acceptors (Lipinski definition) is 6. The Morgan fingerprint density at radius 1 is 0.259 bits per heavy atom. The molecule has 0 aromatic carbocycles. The van der Waals surface area contributed by atoms with Gasteiger partial charge in [0, 0.05) is 19.3 Å². The molecule has 0 fully saturated rings. The summed E-state index contributed by atoms with van der Waals surface area (Å²) in [5.41, 5.74) is 0. The molecule has 6 heteroatoms. The molecule has 0 aliphatic carbocycles. The second kappa shape index (κ2) is 68.3. The van der Waals surface area contributed by atoms with Crippen LogP contribution < -0.4 is 0 Å². The van der Waals surface area contributed by atoms with Crippen molar-refractivity contribution in [2.45, 2.75) is 322 Å². The molecule has 1 atom stereocenters. The summed E-state index contributed by atoms with van der Waals surface area (Å²) in [7, 11) is 0. The molecular weight excluding hydrogens is 997 g/mol. The van der Waals surface area contributed by atoms with Crippen LogP contribution in [0.5, 0.6) is 0 Å². The fourth-order valence-electron chi connectivity index (χ4n) is 9.40. The molecule has 0 heterocycles. The normalized spacial score (nSPS) is 12.9. The first-order valence-corrected chi connectivity index (χ1v) is 34.0. The average molecular weight is 1120 g/mol. The number of hydrogen-bond donors (Lipinski definition) is 0. The second-order valence-corrected chi connectivity index (χ2v) is 22.3. The van der Waals surface area contributed by atoms with Crippen molar-refractivity contribution in [3.8, 4) is 0 Å². The first-order chi connectivity index (χ1) is 40.0. The summed E-state index contributed by atoms with van der Waals surface area (Å²) in [5, 5.41) is 0. The topological polar surface area (TPSA) is 78.9 Å². The molecule has 6 nitrogen and oxygen atoms in total. The molecule has 0 aliphatic rings. The van der Waals surface area contributed by atoms with E-state index in [-0.39, 0.29) is 31.1 Å². The summed E-state index contributed by atoms with van der Waals surface area (Å²) in [4.78, 5) is 38.5. The van der Waals surface area contributed by atoms with Gasteiger partial charge in [-0.25, -0.2) is 0 Å². The highest BCUT2D eigenvalue weighted by Gasteiger charge is 2.19. The largest absolute Gasteiger partial charge is 0.462 e. The summed E-state index contributed by atoms with van der Waals surface area (Å²) < 4.78 is 17.0. The highest BCUT2D eigenvalue weighted by atomic mass is 16.6. The maximum atomic E-state index is 12.9. The maximum absolute atomic E-state index is 12.9. The van der Waals surface area contributed by atoms with Crippen LogP contribution in [0.3, 0.4) is 0 Å². The third kappa shape index (κ3) is 66.5. The molecule has 0 amide bonds. The van der Waals surface area contributed by atoms with Crippen molar-refractivity contribution in [1.29, 1.82) is 0 Å². The maximum Gasteiger partial charge on any atom is 0.306 e. The molecule has 0 aliphatic heterocycles. The van der Waals surface area contributed by atoms with Crippen molar-refractivity contribution >= 4 is 17.9 Å². The van der Waals surface area contributed by atoms with E-state index in [0.29, 0.717) is 19.3 Å². The van der Waals surface area contributed by atoms with E-state index in [2.05, 4.69) is 142 Å². The van der Waals surface area contributed by atoms with Gasteiger partial charge >= 0.3 is 17.9 Å². The second-order valence-electron chi connectivity index (χ2n) is 22.3. The van der Waals surface area contributed by atoms with E-state index in [1.807, 2.05) is 0 Å². The van der Waals surface area contributed by atoms with Gasteiger partial charge in [-0.2, -0.15) is 0 Å². The number of carbonyl (C=O) groups is 3. The smallest absolute Gasteiger partial charge is 0.306 e. The molecule has 0 N–H and O–H groups in total. The van der Waals surface area contributed by atoms with Crippen molar-refractivity contribution in [1.82, 2.24) is 0 Å². The molecule has 0 bridgehead atoms. The van der Waals surface area contributed by atoms with E-state index in [9.17, 15) is 14.4 Å². The van der Waals surface area contributed by atoms with E-state index < -0.39 is 6.10 Å². The third-order valence-corrected chi connectivity index (χ3v) is 14.4. The van der Waals surface area contributed by atoms with Gasteiger partial charge < -0.3 is 14.2 Å². The molecule has 0 radical (unpaired) electrons. The van der Waals surface area contributed by atoms with Crippen LogP contribution in [0.4, 0.5) is 0 Å². The lowest BCUT2D eigenvalue weighted by Crippen LogP contribution is -2.30. The molecule has 1 unspecified atom stereocenters. The zero-order valence-corrected chi connectivity index (χ0v) is 53.0. The Balaban J connectivity index is 4.41. The lowest BCUT2D eigenvalue weighted by Gasteiger charge is -2.18. The fourth-order valence-corrected chi connectivity index (χ4v) is 9.40. The van der Waals surface area contributed by atoms with E-state index in [1.165, 1.54) is 141 Å². The lowest BCUT2D eigenvalue weighted by molar-refractivity contribution is -0.167. The molecule has 462 valence electrons. The van der Waals surface area contributed by atoms with E-state index in [0.717, 1.165) is 135 Å². The summed E-state index contributed by atoms with van der Waals surface area (Å²) in [6.07, 6.45) is 94.9. The van der Waals surface area contributed by atoms with Crippen LogP contribution in [0.1, 0.15) is 316 Å². The van der Waals surface area contributed by atoms with Gasteiger partial charge in [-0.15, -0.1) is 0 Å². The minimum atomic E-state index is -0.796. The van der Waals surface area contributed by atoms with Crippen molar-refractivity contribution in [3.63, 3.8) is 0 Å². The monoisotopic (exact) mass is 1120 g/mol. The number of ether oxygens (including phenoxy) is 3. The number of allylic oxidation sites excluding steroid dienone is 20. The van der Waals surface area contributed by atoms with Gasteiger partial charge in [-0.1, -0.05) is 290 Å². The Labute approximate surface area is 501 Å². The number of carbonyl (C=O) groups excluding carboxylic acids is 3. The highest BCUT2D eigenvalue weighted by Crippen LogP contribution is 2.16. The summed E-state index contributed by atoms with van der Waals surface area (Å²) in [6.45, 7) is 6.42. The van der Waals surface area contributed by atoms with Crippen molar-refractivity contribution < 1.29 is 28.6 Å². The van der Waals surface area contributed by atoms with Crippen LogP contribution in [0.25, 0.3) is 0 Å². The first-order valence-electron chi connectivity index (χ1n) is 34.0. The van der Waals surface area contributed by atoms with Gasteiger partial charge in [-0.3, -0.25) is 14.4 Å². The molecule has 0 spiro atoms. The first kappa shape index (κ1) is 76.8. The van der Waals surface area contributed by atoms with Crippen molar-refractivity contribution in [2.24, 2.45) is 0 Å². The quantitative estimate of drug-likeness (QED) is 0.0261. The highest BCUT2D eigenvalue weighted by molar-refractivity contribution is 5.71. The van der Waals surface area contributed by atoms with Crippen molar-refractivity contribution in [3.05, 3.63) is 122 Å². The van der Waals surface area contributed by atoms with Gasteiger partial charge in [0.25, 0.3) is 0 Å². The molecule has 0 saturated carbocycles. The molecule has 0 aromatic heterocycles. The average Bonchev–Trinajstić information content (AvgIpc) is 3.47. The van der Waals surface area contributed by atoms with Crippen LogP contribution in [0, 0.1) is 0 Å². The van der Waals surface area contributed by atoms with E-state index in [1.54, 1.807) is 0 Å². The summed E-state index contributed by atoms with van der Waals surface area (Å²) >= 11 is 0. The fraction of sp³-hybridized carbons (Fsp3) is 0.693. The number of esters is 3. The minimum Gasteiger partial charge on any atom is -0.462 e. The number of rotatable bonds is 61. The van der Waals surface area contributed by atoms with E-state index >= 15 is 0 Å². The Morgan fingerprint density at radius 2 is 0.481 bits per heavy atom. The zero-order chi connectivity index (χ0) is 58.5. The van der Waals surface area contributed by atoms with Crippen LogP contribution >= 0.6 is 0 Å². The summed E-state index contributed by atoms with van der Waals surface area (Å²) in [6, 6.07) is 0. The Kier molecular flexibility index (Phi) is 64.8. The SMILES string of the molecule is CC/C=C\C/C=C\C/C=C\C/C=C\C/C=C\CCCCCCCC(=O)OC(COC(=O)CCCCCCCCC/C=C\CCCCCCCC)COC(=O)CCCCCCCCCCCCCC/C=C\C/C=C\C/C=C\C/C=C\CC. The zero-order valence-electron chi connectivity index (χ0n) is 53.0. The Hall–Kier alpha value is -4.19. The van der Waals surface area contributed by atoms with Crippen molar-refractivity contribution in [2.75, 3.05) is 13.2 Å². The van der Waals surface area contributed by atoms with Gasteiger partial charge in [-0.05, 0) is 128 Å². The van der Waals surface area contributed by atoms with E-state index in [4.69, 9.17) is 14.2 Å². The molecule has 0 rings (SSSR count). The van der Waals surface area contributed by atoms with Crippen LogP contribution in [-0.2, 0) is 28.6 Å². The number of unbranched alkanes of at least 4 members (excludes halogenated alkanes) is 30. The third-order valence-electron chi connectivity index (χ3n) is 14.4. The van der Waals surface area contributed by atoms with Gasteiger partial charge in [0.2, 0.25) is 0 Å². The van der Waals surface area contributed by atoms with Gasteiger partial charge in [0.15, 0.2) is 6.10 Å². The Morgan fingerprint density at radius 3 is 0.765 bits per heavy atom. The minimum absolute atomic E-state index is 0.0894. The molecular formula is C75H126O6. The van der Waals surface area contributed by atoms with Gasteiger partial charge in [0.05, 0.1) is 0 Å². The van der Waals surface area contributed by atoms with Gasteiger partial charge in [0.1, 0.15) is 13.2 Å². The van der Waals surface area contributed by atoms with Crippen LogP contribution in [0.15, 0.2) is 122 Å². The summed E-state index contributed by atoms with van der Waals surface area (Å²) in [5.74, 6) is -0.905. The van der Waals surface area contributed by atoms with Crippen LogP contribution in [-0.4, -0.2) is 37.2 Å². The molecule has 81 heavy (non-hydrogen) atoms. The predicted octanol–water partition coefficient (Wildman–Crippen LogP) is 23.6.